The van der Waals surface area contributed by atoms with Crippen molar-refractivity contribution in [2.75, 3.05) is 50.0 Å². The second kappa shape index (κ2) is 5.92. The molecule has 0 amide bonds. The first-order valence-corrected chi connectivity index (χ1v) is 6.58. The highest BCUT2D eigenvalue weighted by molar-refractivity contribution is 5.55. The zero-order chi connectivity index (χ0) is 12.1. The lowest BCUT2D eigenvalue weighted by atomic mass is 10.2. The minimum atomic E-state index is 1.15. The van der Waals surface area contributed by atoms with Gasteiger partial charge in [-0.25, -0.2) is 0 Å². The van der Waals surface area contributed by atoms with Crippen LogP contribution in [0.25, 0.3) is 0 Å². The number of piperazine rings is 1. The van der Waals surface area contributed by atoms with E-state index in [-0.39, 0.29) is 0 Å². The number of nitrogens with zero attached hydrogens (tertiary/aromatic N) is 2. The van der Waals surface area contributed by atoms with E-state index < -0.39 is 0 Å². The van der Waals surface area contributed by atoms with Crippen molar-refractivity contribution in [1.82, 2.24) is 4.90 Å². The molecule has 1 N–H and O–H groups in total. The number of nitrogens with one attached hydrogen (secondary N) is 1. The molecular weight excluding hydrogens is 210 g/mol. The van der Waals surface area contributed by atoms with Crippen LogP contribution in [-0.2, 0) is 0 Å². The SMILES string of the molecule is CCCN1CCN(c2ccc(NC)cc2)CC1. The third kappa shape index (κ3) is 3.13. The normalized spacial score (nSPS) is 17.2. The van der Waals surface area contributed by atoms with Crippen molar-refractivity contribution in [3.05, 3.63) is 24.3 Å². The number of benzene rings is 1. The quantitative estimate of drug-likeness (QED) is 0.860. The van der Waals surface area contributed by atoms with Crippen LogP contribution < -0.4 is 10.2 Å². The molecule has 1 aromatic carbocycles. The van der Waals surface area contributed by atoms with Crippen LogP contribution >= 0.6 is 0 Å². The average molecular weight is 233 g/mol. The van der Waals surface area contributed by atoms with Crippen molar-refractivity contribution < 1.29 is 0 Å². The zero-order valence-corrected chi connectivity index (χ0v) is 10.9. The monoisotopic (exact) mass is 233 g/mol. The van der Waals surface area contributed by atoms with Gasteiger partial charge < -0.3 is 10.2 Å². The summed E-state index contributed by atoms with van der Waals surface area (Å²) in [4.78, 5) is 5.03. The largest absolute Gasteiger partial charge is 0.388 e. The third-order valence-corrected chi connectivity index (χ3v) is 3.43. The Balaban J connectivity index is 1.91. The van der Waals surface area contributed by atoms with Crippen LogP contribution in [-0.4, -0.2) is 44.7 Å². The van der Waals surface area contributed by atoms with Crippen molar-refractivity contribution in [1.29, 1.82) is 0 Å². The molecule has 0 aromatic heterocycles. The Morgan fingerprint density at radius 3 is 2.24 bits per heavy atom. The molecule has 0 atom stereocenters. The Bertz CT molecular complexity index is 326. The molecule has 3 heteroatoms. The van der Waals surface area contributed by atoms with Crippen LogP contribution in [0.2, 0.25) is 0 Å². The van der Waals surface area contributed by atoms with Crippen LogP contribution in [0.3, 0.4) is 0 Å². The molecular formula is C14H23N3. The molecule has 1 aromatic rings. The van der Waals surface area contributed by atoms with E-state index in [1.165, 1.54) is 37.4 Å². The first kappa shape index (κ1) is 12.2. The highest BCUT2D eigenvalue weighted by atomic mass is 15.3. The van der Waals surface area contributed by atoms with Gasteiger partial charge in [-0.15, -0.1) is 0 Å². The lowest BCUT2D eigenvalue weighted by Crippen LogP contribution is -2.46. The summed E-state index contributed by atoms with van der Waals surface area (Å²) in [6.45, 7) is 8.19. The summed E-state index contributed by atoms with van der Waals surface area (Å²) in [5, 5.41) is 3.15. The summed E-state index contributed by atoms with van der Waals surface area (Å²) in [7, 11) is 1.96. The second-order valence-corrected chi connectivity index (χ2v) is 4.63. The molecule has 1 aliphatic rings. The van der Waals surface area contributed by atoms with Gasteiger partial charge in [-0.2, -0.15) is 0 Å². The maximum Gasteiger partial charge on any atom is 0.0368 e. The minimum Gasteiger partial charge on any atom is -0.388 e. The Morgan fingerprint density at radius 2 is 1.71 bits per heavy atom. The third-order valence-electron chi connectivity index (χ3n) is 3.43. The maximum absolute atomic E-state index is 3.15. The van der Waals surface area contributed by atoms with Gasteiger partial charge in [0.25, 0.3) is 0 Å². The topological polar surface area (TPSA) is 18.5 Å². The summed E-state index contributed by atoms with van der Waals surface area (Å²) in [5.74, 6) is 0. The Labute approximate surface area is 104 Å². The van der Waals surface area contributed by atoms with Gasteiger partial charge in [-0.05, 0) is 37.2 Å². The van der Waals surface area contributed by atoms with Gasteiger partial charge >= 0.3 is 0 Å². The van der Waals surface area contributed by atoms with E-state index in [1.54, 1.807) is 0 Å². The fourth-order valence-corrected chi connectivity index (χ4v) is 2.38. The molecule has 0 aliphatic carbocycles. The fraction of sp³-hybridized carbons (Fsp3) is 0.571. The molecule has 2 rings (SSSR count). The molecule has 94 valence electrons. The van der Waals surface area contributed by atoms with E-state index >= 15 is 0 Å². The summed E-state index contributed by atoms with van der Waals surface area (Å²) < 4.78 is 0. The van der Waals surface area contributed by atoms with Crippen molar-refractivity contribution in [3.63, 3.8) is 0 Å². The van der Waals surface area contributed by atoms with E-state index in [9.17, 15) is 0 Å². The molecule has 0 unspecified atom stereocenters. The maximum atomic E-state index is 3.15. The van der Waals surface area contributed by atoms with Crippen molar-refractivity contribution in [2.45, 2.75) is 13.3 Å². The van der Waals surface area contributed by atoms with E-state index in [2.05, 4.69) is 46.3 Å². The molecule has 0 spiro atoms. The van der Waals surface area contributed by atoms with Crippen LogP contribution in [0.4, 0.5) is 11.4 Å². The molecule has 0 bridgehead atoms. The number of rotatable bonds is 4. The standard InChI is InChI=1S/C14H23N3/c1-3-8-16-9-11-17(12-10-16)14-6-4-13(15-2)5-7-14/h4-7,15H,3,8-12H2,1-2H3. The second-order valence-electron chi connectivity index (χ2n) is 4.63. The smallest absolute Gasteiger partial charge is 0.0368 e. The number of anilines is 2. The number of hydrogen-bond donors (Lipinski definition) is 1. The predicted molar refractivity (Wildman–Crippen MR) is 74.9 cm³/mol. The van der Waals surface area contributed by atoms with Crippen LogP contribution in [0.1, 0.15) is 13.3 Å². The lowest BCUT2D eigenvalue weighted by molar-refractivity contribution is 0.258. The van der Waals surface area contributed by atoms with E-state index in [0.29, 0.717) is 0 Å². The number of hydrogen-bond acceptors (Lipinski definition) is 3. The van der Waals surface area contributed by atoms with Gasteiger partial charge in [-0.1, -0.05) is 6.92 Å². The lowest BCUT2D eigenvalue weighted by Gasteiger charge is -2.36. The van der Waals surface area contributed by atoms with Gasteiger partial charge in [-0.3, -0.25) is 4.90 Å². The first-order chi connectivity index (χ1) is 8.33. The highest BCUT2D eigenvalue weighted by Gasteiger charge is 2.15. The van der Waals surface area contributed by atoms with Gasteiger partial charge in [0.1, 0.15) is 0 Å². The molecule has 1 aliphatic heterocycles. The van der Waals surface area contributed by atoms with Gasteiger partial charge in [0, 0.05) is 44.6 Å². The van der Waals surface area contributed by atoms with E-state index in [0.717, 1.165) is 13.1 Å². The summed E-state index contributed by atoms with van der Waals surface area (Å²) in [5.41, 5.74) is 2.53. The Kier molecular flexibility index (Phi) is 4.26. The zero-order valence-electron chi connectivity index (χ0n) is 10.9. The van der Waals surface area contributed by atoms with Crippen molar-refractivity contribution in [3.8, 4) is 0 Å². The van der Waals surface area contributed by atoms with Crippen LogP contribution in [0, 0.1) is 0 Å². The Hall–Kier alpha value is -1.22. The summed E-state index contributed by atoms with van der Waals surface area (Å²) in [6.07, 6.45) is 1.26. The molecule has 0 saturated carbocycles. The van der Waals surface area contributed by atoms with E-state index in [4.69, 9.17) is 0 Å². The molecule has 1 fully saturated rings. The molecule has 1 heterocycles. The van der Waals surface area contributed by atoms with Gasteiger partial charge in [0.2, 0.25) is 0 Å². The molecule has 17 heavy (non-hydrogen) atoms. The van der Waals surface area contributed by atoms with Gasteiger partial charge in [0.15, 0.2) is 0 Å². The van der Waals surface area contributed by atoms with E-state index in [1.807, 2.05) is 7.05 Å². The first-order valence-electron chi connectivity index (χ1n) is 6.58. The van der Waals surface area contributed by atoms with Crippen LogP contribution in [0.15, 0.2) is 24.3 Å². The van der Waals surface area contributed by atoms with Crippen molar-refractivity contribution in [2.24, 2.45) is 0 Å². The molecule has 0 radical (unpaired) electrons. The highest BCUT2D eigenvalue weighted by Crippen LogP contribution is 2.19. The molecule has 3 nitrogen and oxygen atoms in total. The van der Waals surface area contributed by atoms with Crippen molar-refractivity contribution >= 4 is 11.4 Å². The predicted octanol–water partition coefficient (Wildman–Crippen LogP) is 2.26. The summed E-state index contributed by atoms with van der Waals surface area (Å²) >= 11 is 0. The Morgan fingerprint density at radius 1 is 1.06 bits per heavy atom. The summed E-state index contributed by atoms with van der Waals surface area (Å²) in [6, 6.07) is 8.71. The van der Waals surface area contributed by atoms with Gasteiger partial charge in [0.05, 0.1) is 0 Å². The minimum absolute atomic E-state index is 1.15. The molecule has 1 saturated heterocycles. The fourth-order valence-electron chi connectivity index (χ4n) is 2.38. The van der Waals surface area contributed by atoms with Crippen LogP contribution in [0.5, 0.6) is 0 Å². The average Bonchev–Trinajstić information content (AvgIpc) is 2.40.